The number of hydrogen-bond acceptors (Lipinski definition) is 0. The second kappa shape index (κ2) is 6.06. The Balaban J connectivity index is 2.55. The Bertz CT molecular complexity index is 707. The first-order chi connectivity index (χ1) is 10.9. The van der Waals surface area contributed by atoms with Crippen molar-refractivity contribution >= 4 is 18.2 Å². The van der Waals surface area contributed by atoms with Gasteiger partial charge < -0.3 is 0 Å². The van der Waals surface area contributed by atoms with Crippen LogP contribution in [0.15, 0.2) is 30.3 Å². The highest BCUT2D eigenvalue weighted by atomic mass is 19.4. The van der Waals surface area contributed by atoms with Crippen LogP contribution in [0.4, 0.5) is 39.5 Å². The van der Waals surface area contributed by atoms with Gasteiger partial charge in [-0.15, -0.1) is 0 Å². The molecule has 127 valence electrons. The maximum Gasteiger partial charge on any atom is 0.416 e. The molecular formula is C14H5BF9. The summed E-state index contributed by atoms with van der Waals surface area (Å²) in [4.78, 5) is 0. The molecule has 2 rings (SSSR count). The molecule has 0 atom stereocenters. The van der Waals surface area contributed by atoms with E-state index in [4.69, 9.17) is 0 Å². The lowest BCUT2D eigenvalue weighted by atomic mass is 9.63. The van der Waals surface area contributed by atoms with Gasteiger partial charge in [0.1, 0.15) is 17.5 Å². The van der Waals surface area contributed by atoms with Gasteiger partial charge in [-0.05, 0) is 11.5 Å². The Labute approximate surface area is 130 Å². The third-order valence-electron chi connectivity index (χ3n) is 2.96. The third-order valence-corrected chi connectivity index (χ3v) is 2.96. The second-order valence-corrected chi connectivity index (χ2v) is 4.77. The molecule has 0 N–H and O–H groups in total. The summed E-state index contributed by atoms with van der Waals surface area (Å²) in [6, 6.07) is 1.00. The lowest BCUT2D eigenvalue weighted by molar-refractivity contribution is -0.142. The maximum absolute atomic E-state index is 13.5. The Morgan fingerprint density at radius 1 is 0.625 bits per heavy atom. The highest BCUT2D eigenvalue weighted by Gasteiger charge is 2.37. The molecule has 10 heteroatoms. The number of hydrogen-bond donors (Lipinski definition) is 0. The van der Waals surface area contributed by atoms with Crippen LogP contribution in [0.25, 0.3) is 0 Å². The molecule has 0 saturated carbocycles. The molecule has 0 spiro atoms. The molecule has 1 radical (unpaired) electrons. The zero-order valence-corrected chi connectivity index (χ0v) is 11.4. The van der Waals surface area contributed by atoms with Gasteiger partial charge in [-0.3, -0.25) is 0 Å². The smallest absolute Gasteiger partial charge is 0.207 e. The van der Waals surface area contributed by atoms with Crippen molar-refractivity contribution in [3.8, 4) is 0 Å². The largest absolute Gasteiger partial charge is 0.416 e. The van der Waals surface area contributed by atoms with Crippen molar-refractivity contribution < 1.29 is 39.5 Å². The SMILES string of the molecule is Fc1cc(F)c([B]c2cc(C(F)(F)F)cc(C(F)(F)F)c2)c(F)c1. The van der Waals surface area contributed by atoms with E-state index in [2.05, 4.69) is 0 Å². The van der Waals surface area contributed by atoms with Crippen molar-refractivity contribution in [1.82, 2.24) is 0 Å². The molecule has 0 saturated heterocycles. The predicted molar refractivity (Wildman–Crippen MR) is 67.8 cm³/mol. The number of benzene rings is 2. The van der Waals surface area contributed by atoms with Crippen LogP contribution in [0.3, 0.4) is 0 Å². The Morgan fingerprint density at radius 3 is 1.42 bits per heavy atom. The predicted octanol–water partition coefficient (Wildman–Crippen LogP) is 3.80. The summed E-state index contributed by atoms with van der Waals surface area (Å²) >= 11 is 0. The lowest BCUT2D eigenvalue weighted by Crippen LogP contribution is -2.34. The highest BCUT2D eigenvalue weighted by molar-refractivity contribution is 6.67. The fourth-order valence-corrected chi connectivity index (χ4v) is 1.92. The first-order valence-electron chi connectivity index (χ1n) is 6.16. The Kier molecular flexibility index (Phi) is 4.60. The number of alkyl halides is 6. The minimum Gasteiger partial charge on any atom is -0.207 e. The van der Waals surface area contributed by atoms with Crippen LogP contribution in [-0.2, 0) is 12.4 Å². The fourth-order valence-electron chi connectivity index (χ4n) is 1.92. The first-order valence-corrected chi connectivity index (χ1v) is 6.16. The topological polar surface area (TPSA) is 0 Å². The van der Waals surface area contributed by atoms with Crippen LogP contribution in [0.5, 0.6) is 0 Å². The van der Waals surface area contributed by atoms with E-state index in [0.717, 1.165) is 0 Å². The monoisotopic (exact) mass is 355 g/mol. The molecular weight excluding hydrogens is 350 g/mol. The van der Waals surface area contributed by atoms with E-state index in [0.29, 0.717) is 19.4 Å². The number of halogens is 9. The molecule has 0 aliphatic rings. The van der Waals surface area contributed by atoms with Gasteiger partial charge >= 0.3 is 12.4 Å². The zero-order valence-electron chi connectivity index (χ0n) is 11.4. The Hall–Kier alpha value is -2.13. The molecule has 0 bridgehead atoms. The summed E-state index contributed by atoms with van der Waals surface area (Å²) in [7, 11) is 0.439. The van der Waals surface area contributed by atoms with E-state index < -0.39 is 51.9 Å². The van der Waals surface area contributed by atoms with Crippen molar-refractivity contribution in [3.63, 3.8) is 0 Å². The van der Waals surface area contributed by atoms with Gasteiger partial charge in [0.05, 0.1) is 11.1 Å². The number of rotatable bonds is 2. The molecule has 0 amide bonds. The fraction of sp³-hybridized carbons (Fsp3) is 0.143. The van der Waals surface area contributed by atoms with E-state index in [1.54, 1.807) is 0 Å². The minimum absolute atomic E-state index is 0.116. The molecule has 0 aliphatic heterocycles. The van der Waals surface area contributed by atoms with Crippen LogP contribution in [-0.4, -0.2) is 7.28 Å². The van der Waals surface area contributed by atoms with Gasteiger partial charge in [0.2, 0.25) is 0 Å². The molecule has 0 unspecified atom stereocenters. The van der Waals surface area contributed by atoms with Crippen molar-refractivity contribution in [1.29, 1.82) is 0 Å². The van der Waals surface area contributed by atoms with Gasteiger partial charge in [0.15, 0.2) is 7.28 Å². The molecule has 0 nitrogen and oxygen atoms in total. The van der Waals surface area contributed by atoms with Crippen LogP contribution < -0.4 is 10.9 Å². The summed E-state index contributed by atoms with van der Waals surface area (Å²) in [5.74, 6) is -4.20. The van der Waals surface area contributed by atoms with E-state index in [9.17, 15) is 39.5 Å². The van der Waals surface area contributed by atoms with Crippen LogP contribution in [0, 0.1) is 17.5 Å². The van der Waals surface area contributed by atoms with Gasteiger partial charge in [0.25, 0.3) is 0 Å². The van der Waals surface area contributed by atoms with Crippen LogP contribution in [0.2, 0.25) is 0 Å². The first kappa shape index (κ1) is 18.2. The van der Waals surface area contributed by atoms with Gasteiger partial charge in [-0.2, -0.15) is 26.3 Å². The molecule has 2 aromatic carbocycles. The standard InChI is InChI=1S/C14H5BF9/c16-9-4-10(17)12(11(18)5-9)15-8-2-6(13(19,20)21)1-7(3-8)14(22,23)24/h1-5H. The maximum atomic E-state index is 13.5. The highest BCUT2D eigenvalue weighted by Crippen LogP contribution is 2.34. The summed E-state index contributed by atoms with van der Waals surface area (Å²) in [5, 5.41) is 0. The van der Waals surface area contributed by atoms with Crippen LogP contribution in [0.1, 0.15) is 11.1 Å². The van der Waals surface area contributed by atoms with Gasteiger partial charge in [0, 0.05) is 12.1 Å². The zero-order chi connectivity index (χ0) is 18.3. The molecule has 0 aliphatic carbocycles. The minimum atomic E-state index is -5.09. The molecule has 0 fully saturated rings. The normalized spacial score (nSPS) is 12.4. The lowest BCUT2D eigenvalue weighted by Gasteiger charge is -2.14. The molecule has 24 heavy (non-hydrogen) atoms. The van der Waals surface area contributed by atoms with Gasteiger partial charge in [-0.1, -0.05) is 17.6 Å². The van der Waals surface area contributed by atoms with E-state index in [1.807, 2.05) is 0 Å². The summed E-state index contributed by atoms with van der Waals surface area (Å²) in [5.41, 5.74) is -4.96. The molecule has 0 aromatic heterocycles. The van der Waals surface area contributed by atoms with E-state index in [1.165, 1.54) is 0 Å². The Morgan fingerprint density at radius 2 is 1.04 bits per heavy atom. The third kappa shape index (κ3) is 4.04. The van der Waals surface area contributed by atoms with Crippen molar-refractivity contribution in [2.45, 2.75) is 12.4 Å². The van der Waals surface area contributed by atoms with Crippen molar-refractivity contribution in [2.24, 2.45) is 0 Å². The van der Waals surface area contributed by atoms with E-state index >= 15 is 0 Å². The summed E-state index contributed by atoms with van der Waals surface area (Å²) in [6.07, 6.45) is -10.2. The van der Waals surface area contributed by atoms with Crippen molar-refractivity contribution in [3.05, 3.63) is 58.9 Å². The van der Waals surface area contributed by atoms with E-state index in [-0.39, 0.29) is 18.2 Å². The average Bonchev–Trinajstić information content (AvgIpc) is 2.40. The summed E-state index contributed by atoms with van der Waals surface area (Å²) in [6.45, 7) is 0. The average molecular weight is 355 g/mol. The second-order valence-electron chi connectivity index (χ2n) is 4.77. The summed E-state index contributed by atoms with van der Waals surface area (Å²) < 4.78 is 116. The quantitative estimate of drug-likeness (QED) is 0.568. The van der Waals surface area contributed by atoms with Gasteiger partial charge in [-0.25, -0.2) is 13.2 Å². The van der Waals surface area contributed by atoms with Crippen LogP contribution >= 0.6 is 0 Å². The molecule has 2 aromatic rings. The van der Waals surface area contributed by atoms with Crippen molar-refractivity contribution in [2.75, 3.05) is 0 Å². The molecule has 0 heterocycles.